The van der Waals surface area contributed by atoms with Crippen LogP contribution in [-0.4, -0.2) is 11.1 Å². The van der Waals surface area contributed by atoms with Crippen molar-refractivity contribution in [3.05, 3.63) is 51.9 Å². The molecule has 1 saturated heterocycles. The lowest BCUT2D eigenvalue weighted by Crippen LogP contribution is -2.17. The molecule has 17 heavy (non-hydrogen) atoms. The lowest BCUT2D eigenvalue weighted by molar-refractivity contribution is -0.115. The van der Waals surface area contributed by atoms with Crippen molar-refractivity contribution in [1.82, 2.24) is 5.32 Å². The van der Waals surface area contributed by atoms with Gasteiger partial charge in [0.2, 0.25) is 0 Å². The van der Waals surface area contributed by atoms with Crippen molar-refractivity contribution >= 4 is 40.6 Å². The normalized spacial score (nSPS) is 18.6. The Labute approximate surface area is 108 Å². The number of hydrogen-bond donors (Lipinski definition) is 1. The summed E-state index contributed by atoms with van der Waals surface area (Å²) in [4.78, 5) is 22.5. The van der Waals surface area contributed by atoms with E-state index in [1.54, 1.807) is 6.08 Å². The smallest absolute Gasteiger partial charge is 0.282 e. The first-order chi connectivity index (χ1) is 8.15. The predicted octanol–water partition coefficient (Wildman–Crippen LogP) is 3.13. The number of allylic oxidation sites excluding steroid dienone is 2. The van der Waals surface area contributed by atoms with Crippen LogP contribution in [0.5, 0.6) is 0 Å². The third kappa shape index (κ3) is 3.22. The first kappa shape index (κ1) is 12.0. The molecular formula is C12H8ClNO2S. The van der Waals surface area contributed by atoms with Gasteiger partial charge in [-0.25, -0.2) is 0 Å². The molecule has 5 heteroatoms. The predicted molar refractivity (Wildman–Crippen MR) is 69.5 cm³/mol. The van der Waals surface area contributed by atoms with Gasteiger partial charge in [-0.2, -0.15) is 0 Å². The number of carbonyl (C=O) groups excluding carboxylic acids is 2. The summed E-state index contributed by atoms with van der Waals surface area (Å²) in [7, 11) is 0. The highest BCUT2D eigenvalue weighted by Crippen LogP contribution is 2.26. The Kier molecular flexibility index (Phi) is 3.66. The van der Waals surface area contributed by atoms with Crippen molar-refractivity contribution in [2.24, 2.45) is 0 Å². The lowest BCUT2D eigenvalue weighted by atomic mass is 10.2. The molecule has 0 bridgehead atoms. The SMILES string of the molecule is O=C1NC(=O)C(=CC(Cl)=Cc2ccccc2)S1. The van der Waals surface area contributed by atoms with Gasteiger partial charge in [-0.15, -0.1) is 0 Å². The quantitative estimate of drug-likeness (QED) is 0.836. The molecule has 1 aliphatic heterocycles. The Morgan fingerprint density at radius 2 is 1.94 bits per heavy atom. The Morgan fingerprint density at radius 3 is 2.53 bits per heavy atom. The Hall–Kier alpha value is -1.52. The van der Waals surface area contributed by atoms with Gasteiger partial charge in [-0.3, -0.25) is 14.9 Å². The molecule has 1 fully saturated rings. The summed E-state index contributed by atoms with van der Waals surface area (Å²) >= 11 is 6.84. The van der Waals surface area contributed by atoms with E-state index in [1.165, 1.54) is 6.08 Å². The summed E-state index contributed by atoms with van der Waals surface area (Å²) in [6.07, 6.45) is 3.21. The summed E-state index contributed by atoms with van der Waals surface area (Å²) in [6.45, 7) is 0. The van der Waals surface area contributed by atoms with Gasteiger partial charge in [0, 0.05) is 5.03 Å². The fraction of sp³-hybridized carbons (Fsp3) is 0. The number of benzene rings is 1. The zero-order valence-corrected chi connectivity index (χ0v) is 10.2. The van der Waals surface area contributed by atoms with Gasteiger partial charge in [-0.05, 0) is 29.5 Å². The van der Waals surface area contributed by atoms with E-state index in [9.17, 15) is 9.59 Å². The van der Waals surface area contributed by atoms with Crippen LogP contribution in [0, 0.1) is 0 Å². The number of halogens is 1. The molecule has 86 valence electrons. The summed E-state index contributed by atoms with van der Waals surface area (Å²) in [6, 6.07) is 9.48. The molecule has 3 nitrogen and oxygen atoms in total. The minimum Gasteiger partial charge on any atom is -0.282 e. The van der Waals surface area contributed by atoms with Crippen LogP contribution in [0.1, 0.15) is 5.56 Å². The van der Waals surface area contributed by atoms with Gasteiger partial charge >= 0.3 is 0 Å². The molecule has 0 radical (unpaired) electrons. The molecule has 0 aliphatic carbocycles. The second-order valence-corrected chi connectivity index (χ2v) is 4.74. The van der Waals surface area contributed by atoms with Crippen molar-refractivity contribution in [3.8, 4) is 0 Å². The second-order valence-electron chi connectivity index (χ2n) is 3.29. The van der Waals surface area contributed by atoms with Gasteiger partial charge in [0.15, 0.2) is 0 Å². The fourth-order valence-corrected chi connectivity index (χ4v) is 2.27. The molecule has 0 saturated carbocycles. The molecule has 2 rings (SSSR count). The number of imide groups is 1. The molecule has 0 atom stereocenters. The Morgan fingerprint density at radius 1 is 1.24 bits per heavy atom. The average molecular weight is 266 g/mol. The van der Waals surface area contributed by atoms with E-state index in [0.29, 0.717) is 9.94 Å². The number of carbonyl (C=O) groups is 2. The van der Waals surface area contributed by atoms with Crippen LogP contribution in [0.25, 0.3) is 6.08 Å². The van der Waals surface area contributed by atoms with Crippen LogP contribution >= 0.6 is 23.4 Å². The van der Waals surface area contributed by atoms with E-state index >= 15 is 0 Å². The van der Waals surface area contributed by atoms with Crippen molar-refractivity contribution in [3.63, 3.8) is 0 Å². The number of amides is 2. The second kappa shape index (κ2) is 5.21. The van der Waals surface area contributed by atoms with Gasteiger partial charge in [0.25, 0.3) is 11.1 Å². The first-order valence-electron chi connectivity index (χ1n) is 4.82. The minimum atomic E-state index is -0.403. The van der Waals surface area contributed by atoms with Crippen molar-refractivity contribution in [2.45, 2.75) is 0 Å². The zero-order chi connectivity index (χ0) is 12.3. The topological polar surface area (TPSA) is 46.2 Å². The van der Waals surface area contributed by atoms with Gasteiger partial charge in [0.05, 0.1) is 4.91 Å². The van der Waals surface area contributed by atoms with Gasteiger partial charge in [0.1, 0.15) is 0 Å². The van der Waals surface area contributed by atoms with E-state index < -0.39 is 5.91 Å². The highest BCUT2D eigenvalue weighted by atomic mass is 35.5. The Bertz CT molecular complexity index is 523. The van der Waals surface area contributed by atoms with Gasteiger partial charge < -0.3 is 0 Å². The standard InChI is InChI=1S/C12H8ClNO2S/c13-9(6-8-4-2-1-3-5-8)7-10-11(15)14-12(16)17-10/h1-7H,(H,14,15,16). The maximum atomic E-state index is 11.3. The highest BCUT2D eigenvalue weighted by molar-refractivity contribution is 8.18. The molecule has 1 N–H and O–H groups in total. The van der Waals surface area contributed by atoms with E-state index in [1.807, 2.05) is 30.3 Å². The number of nitrogens with one attached hydrogen (secondary N) is 1. The molecular weight excluding hydrogens is 258 g/mol. The van der Waals surface area contributed by atoms with Crippen LogP contribution in [0.15, 0.2) is 46.3 Å². The van der Waals surface area contributed by atoms with Gasteiger partial charge in [-0.1, -0.05) is 41.9 Å². The molecule has 0 unspecified atom stereocenters. The maximum absolute atomic E-state index is 11.3. The van der Waals surface area contributed by atoms with Crippen LogP contribution < -0.4 is 5.32 Å². The lowest BCUT2D eigenvalue weighted by Gasteiger charge is -1.94. The molecule has 1 aromatic carbocycles. The van der Waals surface area contributed by atoms with E-state index in [2.05, 4.69) is 5.32 Å². The van der Waals surface area contributed by atoms with Crippen LogP contribution in [0.3, 0.4) is 0 Å². The van der Waals surface area contributed by atoms with Crippen molar-refractivity contribution < 1.29 is 9.59 Å². The molecule has 0 aromatic heterocycles. The number of thioether (sulfide) groups is 1. The largest absolute Gasteiger partial charge is 0.290 e. The number of rotatable bonds is 2. The van der Waals surface area contributed by atoms with Crippen molar-refractivity contribution in [1.29, 1.82) is 0 Å². The fourth-order valence-electron chi connectivity index (χ4n) is 1.30. The maximum Gasteiger partial charge on any atom is 0.290 e. The van der Waals surface area contributed by atoms with Crippen molar-refractivity contribution in [2.75, 3.05) is 0 Å². The highest BCUT2D eigenvalue weighted by Gasteiger charge is 2.24. The summed E-state index contributed by atoms with van der Waals surface area (Å²) < 4.78 is 0. The molecule has 1 heterocycles. The molecule has 0 spiro atoms. The van der Waals surface area contributed by atoms with Crippen LogP contribution in [-0.2, 0) is 4.79 Å². The van der Waals surface area contributed by atoms with E-state index in [4.69, 9.17) is 11.6 Å². The monoisotopic (exact) mass is 265 g/mol. The average Bonchev–Trinajstić information content (AvgIpc) is 2.58. The number of hydrogen-bond acceptors (Lipinski definition) is 3. The third-order valence-electron chi connectivity index (χ3n) is 2.02. The molecule has 1 aliphatic rings. The van der Waals surface area contributed by atoms with Crippen LogP contribution in [0.2, 0.25) is 0 Å². The molecule has 1 aromatic rings. The third-order valence-corrected chi connectivity index (χ3v) is 3.04. The summed E-state index contributed by atoms with van der Waals surface area (Å²) in [5.74, 6) is -0.403. The summed E-state index contributed by atoms with van der Waals surface area (Å²) in [5.41, 5.74) is 0.934. The van der Waals surface area contributed by atoms with E-state index in [-0.39, 0.29) is 5.24 Å². The molecule has 2 amide bonds. The van der Waals surface area contributed by atoms with E-state index in [0.717, 1.165) is 17.3 Å². The Balaban J connectivity index is 2.19. The summed E-state index contributed by atoms with van der Waals surface area (Å²) in [5, 5.41) is 2.20. The van der Waals surface area contributed by atoms with Crippen LogP contribution in [0.4, 0.5) is 4.79 Å². The first-order valence-corrected chi connectivity index (χ1v) is 6.02. The zero-order valence-electron chi connectivity index (χ0n) is 8.64. The minimum absolute atomic E-state index is 0.312.